The average molecular weight is 275 g/mol. The van der Waals surface area contributed by atoms with Crippen LogP contribution in [0.25, 0.3) is 0 Å². The average Bonchev–Trinajstić information content (AvgIpc) is 2.82. The van der Waals surface area contributed by atoms with Crippen LogP contribution in [0, 0.1) is 0 Å². The van der Waals surface area contributed by atoms with Gasteiger partial charge in [0.15, 0.2) is 5.82 Å². The summed E-state index contributed by atoms with van der Waals surface area (Å²) in [4.78, 5) is 12.0. The quantitative estimate of drug-likeness (QED) is 0.912. The van der Waals surface area contributed by atoms with Crippen molar-refractivity contribution < 1.29 is 4.79 Å². The number of nitrogens with zero attached hydrogens (tertiary/aromatic N) is 2. The smallest absolute Gasteiger partial charge is 0.238 e. The summed E-state index contributed by atoms with van der Waals surface area (Å²) < 4.78 is 1.66. The van der Waals surface area contributed by atoms with Crippen molar-refractivity contribution in [3.8, 4) is 0 Å². The molecule has 1 aromatic carbocycles. The van der Waals surface area contributed by atoms with Crippen LogP contribution in [0.15, 0.2) is 42.6 Å². The molecule has 0 aliphatic heterocycles. The van der Waals surface area contributed by atoms with Crippen LogP contribution >= 0.6 is 11.8 Å². The molecule has 5 heteroatoms. The molecule has 0 bridgehead atoms. The Morgan fingerprint density at radius 2 is 2.11 bits per heavy atom. The molecular weight excluding hydrogens is 258 g/mol. The number of amides is 1. The minimum absolute atomic E-state index is 0.0142. The number of carbonyl (C=O) groups is 1. The minimum Gasteiger partial charge on any atom is -0.308 e. The number of nitrogens with one attached hydrogen (secondary N) is 1. The molecule has 0 aliphatic carbocycles. The molecule has 2 aromatic rings. The van der Waals surface area contributed by atoms with Gasteiger partial charge in [0, 0.05) is 25.1 Å². The van der Waals surface area contributed by atoms with Gasteiger partial charge in [0.25, 0.3) is 0 Å². The van der Waals surface area contributed by atoms with Crippen molar-refractivity contribution >= 4 is 23.5 Å². The lowest BCUT2D eigenvalue weighted by molar-refractivity contribution is -0.115. The number of anilines is 1. The topological polar surface area (TPSA) is 46.9 Å². The number of hydrogen-bond donors (Lipinski definition) is 1. The van der Waals surface area contributed by atoms with E-state index in [2.05, 4.69) is 22.5 Å². The Hall–Kier alpha value is -1.75. The largest absolute Gasteiger partial charge is 0.308 e. The summed E-state index contributed by atoms with van der Waals surface area (Å²) in [6.45, 7) is 1.91. The van der Waals surface area contributed by atoms with Gasteiger partial charge in [0.2, 0.25) is 5.91 Å². The highest BCUT2D eigenvalue weighted by molar-refractivity contribution is 7.99. The van der Waals surface area contributed by atoms with Crippen molar-refractivity contribution in [2.24, 2.45) is 7.05 Å². The third-order valence-electron chi connectivity index (χ3n) is 2.68. The number of thioether (sulfide) groups is 1. The van der Waals surface area contributed by atoms with Crippen molar-refractivity contribution in [3.63, 3.8) is 0 Å². The van der Waals surface area contributed by atoms with Crippen LogP contribution in [0.3, 0.4) is 0 Å². The summed E-state index contributed by atoms with van der Waals surface area (Å²) >= 11 is 1.62. The van der Waals surface area contributed by atoms with Crippen LogP contribution in [0.1, 0.15) is 12.5 Å². The molecule has 1 heterocycles. The number of hydrogen-bond acceptors (Lipinski definition) is 3. The van der Waals surface area contributed by atoms with Gasteiger partial charge in [-0.1, -0.05) is 30.3 Å². The Labute approximate surface area is 117 Å². The van der Waals surface area contributed by atoms with Crippen LogP contribution in [-0.4, -0.2) is 20.9 Å². The fourth-order valence-corrected chi connectivity index (χ4v) is 2.43. The van der Waals surface area contributed by atoms with Crippen LogP contribution in [0.5, 0.6) is 0 Å². The van der Waals surface area contributed by atoms with Gasteiger partial charge < -0.3 is 5.32 Å². The molecule has 100 valence electrons. The van der Waals surface area contributed by atoms with Crippen molar-refractivity contribution in [2.75, 3.05) is 5.32 Å². The fourth-order valence-electron chi connectivity index (χ4n) is 1.58. The van der Waals surface area contributed by atoms with Crippen LogP contribution in [-0.2, 0) is 17.6 Å². The SMILES string of the molecule is C[C@@H](SCc1ccccc1)C(=O)Nc1ccn(C)n1. The summed E-state index contributed by atoms with van der Waals surface area (Å²) in [7, 11) is 1.82. The Kier molecular flexibility index (Phi) is 4.63. The minimum atomic E-state index is -0.109. The first-order valence-electron chi connectivity index (χ1n) is 6.11. The van der Waals surface area contributed by atoms with E-state index in [4.69, 9.17) is 0 Å². The molecule has 1 aromatic heterocycles. The molecule has 0 radical (unpaired) electrons. The van der Waals surface area contributed by atoms with E-state index >= 15 is 0 Å². The second-order valence-electron chi connectivity index (χ2n) is 4.30. The number of aryl methyl sites for hydroxylation is 1. The first-order valence-corrected chi connectivity index (χ1v) is 7.16. The predicted molar refractivity (Wildman–Crippen MR) is 79.0 cm³/mol. The molecule has 0 saturated carbocycles. The van der Waals surface area contributed by atoms with E-state index in [0.29, 0.717) is 5.82 Å². The standard InChI is InChI=1S/C14H17N3OS/c1-11(19-10-12-6-4-3-5-7-12)14(18)15-13-8-9-17(2)16-13/h3-9,11H,10H2,1-2H3,(H,15,16,18)/t11-/m1/s1. The van der Waals surface area contributed by atoms with E-state index in [1.54, 1.807) is 28.7 Å². The highest BCUT2D eigenvalue weighted by Gasteiger charge is 2.14. The predicted octanol–water partition coefficient (Wildman–Crippen LogP) is 2.68. The van der Waals surface area contributed by atoms with Crippen LogP contribution in [0.2, 0.25) is 0 Å². The van der Waals surface area contributed by atoms with Gasteiger partial charge in [-0.25, -0.2) is 0 Å². The molecule has 4 nitrogen and oxygen atoms in total. The second-order valence-corrected chi connectivity index (χ2v) is 5.63. The van der Waals surface area contributed by atoms with Crippen molar-refractivity contribution in [1.82, 2.24) is 9.78 Å². The molecule has 0 spiro atoms. The summed E-state index contributed by atoms with van der Waals surface area (Å²) in [6.07, 6.45) is 1.80. The molecule has 0 fully saturated rings. The normalized spacial score (nSPS) is 12.1. The first kappa shape index (κ1) is 13.7. The third kappa shape index (κ3) is 4.13. The molecule has 2 rings (SSSR count). The molecule has 0 aliphatic rings. The maximum absolute atomic E-state index is 12.0. The molecule has 1 amide bonds. The molecule has 1 atom stereocenters. The van der Waals surface area contributed by atoms with Crippen molar-refractivity contribution in [1.29, 1.82) is 0 Å². The summed E-state index contributed by atoms with van der Waals surface area (Å²) in [6, 6.07) is 11.9. The van der Waals surface area contributed by atoms with Gasteiger partial charge in [-0.15, -0.1) is 11.8 Å². The molecular formula is C14H17N3OS. The summed E-state index contributed by atoms with van der Waals surface area (Å²) in [5.74, 6) is 1.41. The monoisotopic (exact) mass is 275 g/mol. The van der Waals surface area contributed by atoms with Gasteiger partial charge in [0.05, 0.1) is 5.25 Å². The Balaban J connectivity index is 1.82. The number of aromatic nitrogens is 2. The number of benzene rings is 1. The van der Waals surface area contributed by atoms with Crippen LogP contribution < -0.4 is 5.32 Å². The maximum atomic E-state index is 12.0. The van der Waals surface area contributed by atoms with Crippen molar-refractivity contribution in [2.45, 2.75) is 17.9 Å². The Morgan fingerprint density at radius 3 is 2.74 bits per heavy atom. The molecule has 19 heavy (non-hydrogen) atoms. The van der Waals surface area contributed by atoms with E-state index in [9.17, 15) is 4.79 Å². The number of carbonyl (C=O) groups excluding carboxylic acids is 1. The van der Waals surface area contributed by atoms with Gasteiger partial charge in [-0.05, 0) is 12.5 Å². The van der Waals surface area contributed by atoms with Crippen molar-refractivity contribution in [3.05, 3.63) is 48.2 Å². The van der Waals surface area contributed by atoms with Gasteiger partial charge in [-0.2, -0.15) is 5.10 Å². The zero-order valence-electron chi connectivity index (χ0n) is 11.0. The van der Waals surface area contributed by atoms with E-state index < -0.39 is 0 Å². The van der Waals surface area contributed by atoms with Gasteiger partial charge in [-0.3, -0.25) is 9.48 Å². The lowest BCUT2D eigenvalue weighted by atomic mass is 10.2. The molecule has 1 N–H and O–H groups in total. The van der Waals surface area contributed by atoms with E-state index in [1.807, 2.05) is 32.2 Å². The Morgan fingerprint density at radius 1 is 1.37 bits per heavy atom. The third-order valence-corrected chi connectivity index (χ3v) is 3.89. The van der Waals surface area contributed by atoms with Gasteiger partial charge >= 0.3 is 0 Å². The zero-order valence-corrected chi connectivity index (χ0v) is 11.9. The van der Waals surface area contributed by atoms with Crippen LogP contribution in [0.4, 0.5) is 5.82 Å². The molecule has 0 saturated heterocycles. The number of rotatable bonds is 5. The van der Waals surface area contributed by atoms with Gasteiger partial charge in [0.1, 0.15) is 0 Å². The first-order chi connectivity index (χ1) is 9.15. The highest BCUT2D eigenvalue weighted by atomic mass is 32.2. The zero-order chi connectivity index (χ0) is 13.7. The maximum Gasteiger partial charge on any atom is 0.238 e. The van der Waals surface area contributed by atoms with E-state index in [0.717, 1.165) is 5.75 Å². The fraction of sp³-hybridized carbons (Fsp3) is 0.286. The van der Waals surface area contributed by atoms with E-state index in [1.165, 1.54) is 5.56 Å². The summed E-state index contributed by atoms with van der Waals surface area (Å²) in [5.41, 5.74) is 1.23. The summed E-state index contributed by atoms with van der Waals surface area (Å²) in [5, 5.41) is 6.82. The lowest BCUT2D eigenvalue weighted by Gasteiger charge is -2.10. The highest BCUT2D eigenvalue weighted by Crippen LogP contribution is 2.18. The molecule has 0 unspecified atom stereocenters. The second kappa shape index (κ2) is 6.43. The Bertz CT molecular complexity index is 539. The lowest BCUT2D eigenvalue weighted by Crippen LogP contribution is -2.22. The van der Waals surface area contributed by atoms with E-state index in [-0.39, 0.29) is 11.2 Å².